The summed E-state index contributed by atoms with van der Waals surface area (Å²) in [6.45, 7) is 28.6. The van der Waals surface area contributed by atoms with Crippen LogP contribution in [0.25, 0.3) is 81.4 Å². The minimum Gasteiger partial charge on any atom is -0.478 e. The number of amides is 2. The lowest BCUT2D eigenvalue weighted by Gasteiger charge is -2.42. The molecule has 0 spiro atoms. The molecule has 6 bridgehead atoms. The fourth-order valence-electron chi connectivity index (χ4n) is 20.7. The highest BCUT2D eigenvalue weighted by Crippen LogP contribution is 2.54. The molecule has 0 radical (unpaired) electrons. The molecule has 9 aliphatic rings. The van der Waals surface area contributed by atoms with Gasteiger partial charge in [-0.3, -0.25) is 9.59 Å². The third-order valence-corrected chi connectivity index (χ3v) is 27.6. The lowest BCUT2D eigenvalue weighted by molar-refractivity contribution is -0.133. The van der Waals surface area contributed by atoms with E-state index in [2.05, 4.69) is 34.8 Å². The molecule has 2 amide bonds. The van der Waals surface area contributed by atoms with Crippen molar-refractivity contribution in [3.63, 3.8) is 0 Å². The van der Waals surface area contributed by atoms with Gasteiger partial charge in [-0.1, -0.05) is 54.6 Å². The molecule has 758 valence electrons. The number of imidazole rings is 3. The first-order valence-corrected chi connectivity index (χ1v) is 48.1. The van der Waals surface area contributed by atoms with Crippen LogP contribution in [0.1, 0.15) is 141 Å². The van der Waals surface area contributed by atoms with Crippen LogP contribution in [0.2, 0.25) is 0 Å². The molecule has 3 saturated carbocycles. The van der Waals surface area contributed by atoms with Crippen LogP contribution in [0.15, 0.2) is 200 Å². The van der Waals surface area contributed by atoms with E-state index in [1.165, 1.54) is 113 Å². The van der Waals surface area contributed by atoms with Crippen LogP contribution in [0.4, 0.5) is 56.6 Å². The van der Waals surface area contributed by atoms with Gasteiger partial charge in [0, 0.05) is 130 Å². The second-order valence-electron chi connectivity index (χ2n) is 37.2. The number of methoxy groups -OCH3 is 2. The molecular weight excluding hydrogens is 1980 g/mol. The van der Waals surface area contributed by atoms with E-state index in [1.807, 2.05) is 23.5 Å². The molecule has 9 aromatic carbocycles. The van der Waals surface area contributed by atoms with E-state index in [0.29, 0.717) is 107 Å². The third kappa shape index (κ3) is 22.1. The van der Waals surface area contributed by atoms with E-state index in [-0.39, 0.29) is 169 Å². The van der Waals surface area contributed by atoms with Gasteiger partial charge in [-0.05, 0) is 207 Å². The standard InChI is InChI=1S/C37H30F3N5O4.C36H28F3N5O4.C35H28F3N5O3.C2H3N.CH2Cl2/c1-21(46)45-18-22-16-37(45,17-22)20-44-33-12-23(36(47)48-3)8-10-32(33)42-34(44)13-25-11-30(40)27(15-29(25)39)31-5-4-6-35(43-31)49-19-24-7-9-26(41-2)14-28(24)38;1-20(45)44-17-21-15-36(44,16-21)19-43-32-11-22(35(46)47)7-9-31(32)41-33(43)12-24-10-29(39)26(14-28(24)38)30-4-3-5-34(42-30)48-18-23-6-8-25(40-2)13-27(23)37;1-39-24-8-6-22(26(36)13-24)18-46-33-5-3-4-29(42-33)25-14-27(37)23(10-28(25)38)12-32-41-30-9-7-21(34(44)45-2)11-31(30)43(32)19-35-15-20(16-35)17-40-35;1-2-3;2-1-3/h4-12,14-15,22H,13,16-20H2,1,3H3;3-11,13-14,21H,12,15-19H2,1H3,(H,46,47);3-11,13-14,20,40H,12,15-19H2,2H3;1H3;1H2. The van der Waals surface area contributed by atoms with Crippen molar-refractivity contribution in [3.05, 3.63) is 354 Å². The number of nitriles is 1. The topological polar surface area (TPSA) is 299 Å². The Balaban J connectivity index is 0.000000148. The van der Waals surface area contributed by atoms with Gasteiger partial charge >= 0.3 is 17.9 Å². The van der Waals surface area contributed by atoms with E-state index < -0.39 is 81.3 Å². The fraction of sp³-hybridized carbons (Fsp3) is 0.270. The van der Waals surface area contributed by atoms with Gasteiger partial charge in [0.1, 0.15) is 89.6 Å². The van der Waals surface area contributed by atoms with Gasteiger partial charge in [0.2, 0.25) is 29.5 Å². The average molecular weight is 2070 g/mol. The third-order valence-electron chi connectivity index (χ3n) is 27.6. The molecule has 12 heterocycles. The summed E-state index contributed by atoms with van der Waals surface area (Å²) in [5.41, 5.74) is 4.97. The Morgan fingerprint density at radius 2 is 0.738 bits per heavy atom. The van der Waals surface area contributed by atoms with Crippen molar-refractivity contribution in [2.24, 2.45) is 17.8 Å². The monoisotopic (exact) mass is 2060 g/mol. The molecule has 0 unspecified atom stereocenters. The number of nitrogens with one attached hydrogen (secondary N) is 1. The molecule has 38 heteroatoms. The van der Waals surface area contributed by atoms with Crippen LogP contribution in [0.5, 0.6) is 17.6 Å². The molecule has 0 atom stereocenters. The smallest absolute Gasteiger partial charge is 0.337 e. The highest BCUT2D eigenvalue weighted by Gasteiger charge is 2.59. The van der Waals surface area contributed by atoms with E-state index in [4.69, 9.17) is 86.8 Å². The van der Waals surface area contributed by atoms with Crippen molar-refractivity contribution in [2.75, 3.05) is 39.2 Å². The SMILES string of the molecule is CC#N.ClCCl.[C-]#[N+]c1ccc(COc2cccc(-c3cc(F)c(Cc4nc5ccc(C(=O)O)cc5n4CC45CC(CN4C(C)=O)C5)cc3F)n2)c(F)c1.[C-]#[N+]c1ccc(COc2cccc(-c3cc(F)c(Cc4nc5ccc(C(=O)OC)cc5n4CC45CC(CN4)C5)cc3F)n2)c(F)c1.[C-]#[N+]c1ccc(COc2cccc(-c3cc(F)c(Cc4nc5ccc(C(=O)OC)cc5n4CC45CC(CN4C(C)=O)C5)cc3F)n2)c(F)c1. The average Bonchev–Trinajstić information content (AvgIpc) is 1.54. The molecule has 149 heavy (non-hydrogen) atoms. The zero-order valence-electron chi connectivity index (χ0n) is 80.6. The fourth-order valence-corrected chi connectivity index (χ4v) is 20.7. The number of aromatic nitrogens is 9. The normalized spacial score (nSPS) is 17.5. The molecule has 6 aromatic heterocycles. The molecule has 6 saturated heterocycles. The second kappa shape index (κ2) is 44.0. The summed E-state index contributed by atoms with van der Waals surface area (Å²) in [6.07, 6.45) is 5.22. The van der Waals surface area contributed by atoms with Crippen LogP contribution >= 0.6 is 23.2 Å². The first-order valence-electron chi connectivity index (χ1n) is 47.0. The summed E-state index contributed by atoms with van der Waals surface area (Å²) in [6, 6.07) is 49.0. The van der Waals surface area contributed by atoms with Crippen LogP contribution in [0, 0.1) is 101 Å². The lowest BCUT2D eigenvalue weighted by atomic mass is 9.73. The first kappa shape index (κ1) is 104. The Labute approximate surface area is 857 Å². The Morgan fingerprint density at radius 3 is 1.03 bits per heavy atom. The number of aromatic carboxylic acids is 1. The summed E-state index contributed by atoms with van der Waals surface area (Å²) in [5, 5.41) is 20.8. The maximum Gasteiger partial charge on any atom is 0.337 e. The van der Waals surface area contributed by atoms with Crippen molar-refractivity contribution in [2.45, 2.75) is 135 Å². The van der Waals surface area contributed by atoms with Gasteiger partial charge in [0.25, 0.3) is 0 Å². The van der Waals surface area contributed by atoms with Crippen LogP contribution < -0.4 is 19.5 Å². The lowest BCUT2D eigenvalue weighted by Crippen LogP contribution is -2.51. The molecule has 6 aliphatic heterocycles. The highest BCUT2D eigenvalue weighted by molar-refractivity contribution is 6.40. The number of rotatable bonds is 27. The number of esters is 2. The number of fused-ring (bicyclic) bond motifs is 6. The predicted molar refractivity (Wildman–Crippen MR) is 534 cm³/mol. The van der Waals surface area contributed by atoms with E-state index in [9.17, 15) is 42.3 Å². The predicted octanol–water partition coefficient (Wildman–Crippen LogP) is 22.7. The van der Waals surface area contributed by atoms with Crippen molar-refractivity contribution in [1.82, 2.24) is 58.7 Å². The van der Waals surface area contributed by atoms with Gasteiger partial charge < -0.3 is 57.6 Å². The zero-order valence-corrected chi connectivity index (χ0v) is 82.1. The number of nitrogens with zero attached hydrogens (tertiary/aromatic N) is 15. The number of carbonyl (C=O) groups excluding carboxylic acids is 4. The Kier molecular flexibility index (Phi) is 30.7. The number of ether oxygens (including phenoxy) is 5. The van der Waals surface area contributed by atoms with Crippen LogP contribution in [-0.4, -0.2) is 144 Å². The number of hydrogen-bond donors (Lipinski definition) is 2. The van der Waals surface area contributed by atoms with Gasteiger partial charge in [0.05, 0.1) is 123 Å². The van der Waals surface area contributed by atoms with Crippen LogP contribution in [-0.2, 0) is 77.8 Å². The maximum atomic E-state index is 15.8. The molecule has 3 aliphatic carbocycles. The largest absolute Gasteiger partial charge is 0.478 e. The molecule has 24 rings (SSSR count). The first-order chi connectivity index (χ1) is 71.7. The molecule has 9 fully saturated rings. The van der Waals surface area contributed by atoms with Crippen LogP contribution in [0.3, 0.4) is 0 Å². The van der Waals surface area contributed by atoms with E-state index in [0.717, 1.165) is 105 Å². The number of carboxylic acid groups (broad SMARTS) is 1. The summed E-state index contributed by atoms with van der Waals surface area (Å²) >= 11 is 9.53. The summed E-state index contributed by atoms with van der Waals surface area (Å²) in [7, 11) is 2.62. The number of hydrogen-bond acceptors (Lipinski definition) is 18. The summed E-state index contributed by atoms with van der Waals surface area (Å²) < 4.78 is 170. The highest BCUT2D eigenvalue weighted by atomic mass is 35.5. The zero-order chi connectivity index (χ0) is 106. The van der Waals surface area contributed by atoms with Gasteiger partial charge in [-0.2, -0.15) is 5.26 Å². The minimum absolute atomic E-state index is 0.0181. The Hall–Kier alpha value is -16.5. The van der Waals surface area contributed by atoms with Crippen molar-refractivity contribution in [1.29, 1.82) is 5.26 Å². The number of pyridine rings is 3. The van der Waals surface area contributed by atoms with Crippen molar-refractivity contribution >= 4 is 103 Å². The summed E-state index contributed by atoms with van der Waals surface area (Å²) in [5.74, 6) is -4.88. The second-order valence-corrected chi connectivity index (χ2v) is 38.0. The molecular formula is C111H91Cl2F9N16O11. The van der Waals surface area contributed by atoms with Gasteiger partial charge in [-0.15, -0.1) is 23.2 Å². The summed E-state index contributed by atoms with van der Waals surface area (Å²) in [4.78, 5) is 102. The quantitative estimate of drug-likeness (QED) is 0.0209. The van der Waals surface area contributed by atoms with E-state index in [1.54, 1.807) is 73.7 Å². The van der Waals surface area contributed by atoms with Gasteiger partial charge in [-0.25, -0.2) is 98.3 Å². The van der Waals surface area contributed by atoms with Gasteiger partial charge in [0.15, 0.2) is 17.1 Å². The number of carboxylic acids is 1. The number of alkyl halides is 2. The maximum absolute atomic E-state index is 15.8. The molecule has 15 aromatic rings. The van der Waals surface area contributed by atoms with Crippen molar-refractivity contribution < 1.29 is 92.3 Å². The van der Waals surface area contributed by atoms with Crippen molar-refractivity contribution in [3.8, 4) is 57.5 Å². The number of carbonyl (C=O) groups is 5. The van der Waals surface area contributed by atoms with E-state index >= 15 is 26.3 Å². The molecule has 27 nitrogen and oxygen atoms in total. The Bertz CT molecular complexity index is 7990. The Morgan fingerprint density at radius 1 is 0.423 bits per heavy atom. The minimum atomic E-state index is -1.10. The number of halogens is 11. The number of benzene rings is 9. The molecule has 2 N–H and O–H groups in total.